The summed E-state index contributed by atoms with van der Waals surface area (Å²) in [7, 11) is 1.85. The maximum Gasteiger partial charge on any atom is 0.0777 e. The van der Waals surface area contributed by atoms with Gasteiger partial charge in [-0.1, -0.05) is 29.8 Å². The van der Waals surface area contributed by atoms with E-state index in [0.29, 0.717) is 5.41 Å². The number of methoxy groups -OCH3 is 1. The molecule has 0 amide bonds. The number of halogens is 1. The summed E-state index contributed by atoms with van der Waals surface area (Å²) in [5.41, 5.74) is 0.504. The highest BCUT2D eigenvalue weighted by Crippen LogP contribution is 2.32. The SMILES string of the molecule is CCC(CC)(CBr)CN1CCCC(C)(OC)C1. The lowest BCUT2D eigenvalue weighted by Gasteiger charge is -2.43. The molecule has 1 aliphatic rings. The van der Waals surface area contributed by atoms with Crippen molar-refractivity contribution in [3.05, 3.63) is 0 Å². The number of alkyl halides is 1. The lowest BCUT2D eigenvalue weighted by molar-refractivity contribution is -0.0585. The number of rotatable bonds is 6. The molecule has 3 heteroatoms. The number of piperidine rings is 1. The van der Waals surface area contributed by atoms with Crippen LogP contribution in [0.5, 0.6) is 0 Å². The van der Waals surface area contributed by atoms with Crippen LogP contribution in [0.15, 0.2) is 0 Å². The molecule has 1 saturated heterocycles. The standard InChI is InChI=1S/C14H28BrNO/c1-5-14(6-2,10-15)12-16-9-7-8-13(3,11-16)17-4/h5-12H2,1-4H3. The van der Waals surface area contributed by atoms with Crippen molar-refractivity contribution >= 4 is 15.9 Å². The smallest absolute Gasteiger partial charge is 0.0777 e. The van der Waals surface area contributed by atoms with Crippen molar-refractivity contribution < 1.29 is 4.74 Å². The van der Waals surface area contributed by atoms with Crippen LogP contribution in [0.3, 0.4) is 0 Å². The Morgan fingerprint density at radius 1 is 1.35 bits per heavy atom. The molecule has 1 rings (SSSR count). The van der Waals surface area contributed by atoms with E-state index in [1.165, 1.54) is 38.8 Å². The fourth-order valence-electron chi connectivity index (χ4n) is 2.79. The van der Waals surface area contributed by atoms with Gasteiger partial charge >= 0.3 is 0 Å². The van der Waals surface area contributed by atoms with E-state index < -0.39 is 0 Å². The Bertz CT molecular complexity index is 222. The predicted octanol–water partition coefficient (Wildman–Crippen LogP) is 3.69. The predicted molar refractivity (Wildman–Crippen MR) is 77.9 cm³/mol. The first kappa shape index (κ1) is 15.5. The third-order valence-corrected chi connectivity index (χ3v) is 5.76. The first-order valence-electron chi connectivity index (χ1n) is 6.86. The minimum absolute atomic E-state index is 0.0672. The largest absolute Gasteiger partial charge is 0.377 e. The molecular weight excluding hydrogens is 278 g/mol. The number of likely N-dealkylation sites (tertiary alicyclic amines) is 1. The van der Waals surface area contributed by atoms with Crippen molar-refractivity contribution in [2.45, 2.75) is 52.1 Å². The summed E-state index contributed by atoms with van der Waals surface area (Å²) < 4.78 is 5.67. The Morgan fingerprint density at radius 2 is 2.00 bits per heavy atom. The minimum atomic E-state index is 0.0672. The van der Waals surface area contributed by atoms with Crippen LogP contribution < -0.4 is 0 Å². The van der Waals surface area contributed by atoms with Gasteiger partial charge in [-0.3, -0.25) is 4.90 Å². The maximum atomic E-state index is 5.67. The molecule has 0 aromatic heterocycles. The van der Waals surface area contributed by atoms with E-state index in [9.17, 15) is 0 Å². The molecule has 1 atom stereocenters. The molecule has 0 aliphatic carbocycles. The zero-order chi connectivity index (χ0) is 12.9. The molecule has 0 N–H and O–H groups in total. The molecule has 2 nitrogen and oxygen atoms in total. The quantitative estimate of drug-likeness (QED) is 0.694. The molecule has 0 spiro atoms. The van der Waals surface area contributed by atoms with E-state index in [1.807, 2.05) is 7.11 Å². The Labute approximate surface area is 115 Å². The Kier molecular flexibility index (Phi) is 5.94. The van der Waals surface area contributed by atoms with Crippen molar-refractivity contribution in [2.75, 3.05) is 32.1 Å². The molecule has 1 aliphatic heterocycles. The van der Waals surface area contributed by atoms with E-state index in [2.05, 4.69) is 41.6 Å². The molecule has 0 aromatic carbocycles. The Balaban J connectivity index is 2.61. The van der Waals surface area contributed by atoms with E-state index in [0.717, 1.165) is 11.9 Å². The van der Waals surface area contributed by atoms with Crippen molar-refractivity contribution in [1.29, 1.82) is 0 Å². The molecule has 0 saturated carbocycles. The van der Waals surface area contributed by atoms with Crippen molar-refractivity contribution in [2.24, 2.45) is 5.41 Å². The molecule has 102 valence electrons. The van der Waals surface area contributed by atoms with E-state index in [-0.39, 0.29) is 5.60 Å². The summed E-state index contributed by atoms with van der Waals surface area (Å²) in [6, 6.07) is 0. The van der Waals surface area contributed by atoms with Gasteiger partial charge in [0.25, 0.3) is 0 Å². The number of nitrogens with zero attached hydrogens (tertiary/aromatic N) is 1. The zero-order valence-electron chi connectivity index (χ0n) is 11.9. The van der Waals surface area contributed by atoms with Crippen LogP contribution in [-0.4, -0.2) is 42.6 Å². The molecule has 17 heavy (non-hydrogen) atoms. The number of hydrogen-bond acceptors (Lipinski definition) is 2. The van der Waals surface area contributed by atoms with Gasteiger partial charge in [-0.05, 0) is 44.6 Å². The fraction of sp³-hybridized carbons (Fsp3) is 1.00. The highest BCUT2D eigenvalue weighted by molar-refractivity contribution is 9.09. The average Bonchev–Trinajstić information content (AvgIpc) is 2.36. The van der Waals surface area contributed by atoms with Crippen molar-refractivity contribution in [3.8, 4) is 0 Å². The second-order valence-corrected chi connectivity index (χ2v) is 6.37. The summed E-state index contributed by atoms with van der Waals surface area (Å²) in [5, 5.41) is 1.10. The summed E-state index contributed by atoms with van der Waals surface area (Å²) in [6.45, 7) is 10.4. The van der Waals surface area contributed by atoms with Crippen LogP contribution in [0.4, 0.5) is 0 Å². The van der Waals surface area contributed by atoms with Gasteiger partial charge in [0.1, 0.15) is 0 Å². The topological polar surface area (TPSA) is 12.5 Å². The monoisotopic (exact) mass is 305 g/mol. The third kappa shape index (κ3) is 3.93. The van der Waals surface area contributed by atoms with Crippen LogP contribution in [0.1, 0.15) is 46.5 Å². The molecule has 1 fully saturated rings. The van der Waals surface area contributed by atoms with Gasteiger partial charge in [-0.15, -0.1) is 0 Å². The van der Waals surface area contributed by atoms with Gasteiger partial charge < -0.3 is 4.74 Å². The van der Waals surface area contributed by atoms with Crippen LogP contribution in [-0.2, 0) is 4.74 Å². The molecule has 0 aromatic rings. The molecule has 0 bridgehead atoms. The maximum absolute atomic E-state index is 5.67. The van der Waals surface area contributed by atoms with Crippen LogP contribution in [0, 0.1) is 5.41 Å². The van der Waals surface area contributed by atoms with Gasteiger partial charge in [-0.25, -0.2) is 0 Å². The van der Waals surface area contributed by atoms with E-state index in [1.54, 1.807) is 0 Å². The molecule has 1 heterocycles. The highest BCUT2D eigenvalue weighted by atomic mass is 79.9. The van der Waals surface area contributed by atoms with E-state index in [4.69, 9.17) is 4.74 Å². The van der Waals surface area contributed by atoms with Gasteiger partial charge in [0.2, 0.25) is 0 Å². The second kappa shape index (κ2) is 6.53. The van der Waals surface area contributed by atoms with E-state index >= 15 is 0 Å². The highest BCUT2D eigenvalue weighted by Gasteiger charge is 2.35. The summed E-state index contributed by atoms with van der Waals surface area (Å²) in [6.07, 6.45) is 4.94. The van der Waals surface area contributed by atoms with Crippen LogP contribution >= 0.6 is 15.9 Å². The van der Waals surface area contributed by atoms with Gasteiger partial charge in [0, 0.05) is 25.5 Å². The fourth-order valence-corrected chi connectivity index (χ4v) is 3.76. The van der Waals surface area contributed by atoms with Crippen LogP contribution in [0.2, 0.25) is 0 Å². The zero-order valence-corrected chi connectivity index (χ0v) is 13.5. The summed E-state index contributed by atoms with van der Waals surface area (Å²) >= 11 is 3.71. The number of ether oxygens (including phenoxy) is 1. The lowest BCUT2D eigenvalue weighted by Crippen LogP contribution is -2.50. The normalized spacial score (nSPS) is 27.4. The summed E-state index contributed by atoms with van der Waals surface area (Å²) in [5.74, 6) is 0. The number of hydrogen-bond donors (Lipinski definition) is 0. The Morgan fingerprint density at radius 3 is 2.47 bits per heavy atom. The van der Waals surface area contributed by atoms with Gasteiger partial charge in [-0.2, -0.15) is 0 Å². The second-order valence-electron chi connectivity index (χ2n) is 5.81. The third-order valence-electron chi connectivity index (χ3n) is 4.57. The molecule has 1 unspecified atom stereocenters. The average molecular weight is 306 g/mol. The van der Waals surface area contributed by atoms with Crippen molar-refractivity contribution in [3.63, 3.8) is 0 Å². The van der Waals surface area contributed by atoms with Gasteiger partial charge in [0.15, 0.2) is 0 Å². The summed E-state index contributed by atoms with van der Waals surface area (Å²) in [4.78, 5) is 2.60. The first-order chi connectivity index (χ1) is 8.03. The van der Waals surface area contributed by atoms with Gasteiger partial charge in [0.05, 0.1) is 5.60 Å². The minimum Gasteiger partial charge on any atom is -0.377 e. The lowest BCUT2D eigenvalue weighted by atomic mass is 9.83. The molecule has 0 radical (unpaired) electrons. The first-order valence-corrected chi connectivity index (χ1v) is 7.99. The molecular formula is C14H28BrNO. The Hall–Kier alpha value is 0.400. The van der Waals surface area contributed by atoms with Crippen LogP contribution in [0.25, 0.3) is 0 Å². The van der Waals surface area contributed by atoms with Crippen molar-refractivity contribution in [1.82, 2.24) is 4.90 Å².